The Bertz CT molecular complexity index is 2850. The van der Waals surface area contributed by atoms with Crippen LogP contribution in [0.4, 0.5) is 0 Å². The lowest BCUT2D eigenvalue weighted by Gasteiger charge is -2.21. The lowest BCUT2D eigenvalue weighted by molar-refractivity contribution is 0.660. The highest BCUT2D eigenvalue weighted by molar-refractivity contribution is 6.07. The first kappa shape index (κ1) is 31.1. The summed E-state index contributed by atoms with van der Waals surface area (Å²) in [4.78, 5) is 10.6. The van der Waals surface area contributed by atoms with E-state index in [1.54, 1.807) is 0 Å². The van der Waals surface area contributed by atoms with Crippen LogP contribution >= 0.6 is 0 Å². The molecule has 9 aromatic rings. The normalized spacial score (nSPS) is 12.9. The van der Waals surface area contributed by atoms with Crippen LogP contribution in [0, 0.1) is 0 Å². The van der Waals surface area contributed by atoms with Crippen LogP contribution < -0.4 is 0 Å². The van der Waals surface area contributed by atoms with Crippen molar-refractivity contribution in [3.05, 3.63) is 193 Å². The molecular formula is C51H36N2. The fourth-order valence-corrected chi connectivity index (χ4v) is 8.38. The average molecular weight is 677 g/mol. The second-order valence-electron chi connectivity index (χ2n) is 14.6. The summed E-state index contributed by atoms with van der Waals surface area (Å²) in [6.07, 6.45) is 0. The molecule has 0 saturated carbocycles. The molecule has 0 aliphatic heterocycles. The Morgan fingerprint density at radius 3 is 1.74 bits per heavy atom. The Morgan fingerprint density at radius 1 is 0.358 bits per heavy atom. The van der Waals surface area contributed by atoms with Crippen LogP contribution in [-0.2, 0) is 5.41 Å². The van der Waals surface area contributed by atoms with Gasteiger partial charge in [0.25, 0.3) is 0 Å². The maximum absolute atomic E-state index is 5.32. The molecule has 1 aliphatic carbocycles. The van der Waals surface area contributed by atoms with Crippen molar-refractivity contribution >= 4 is 21.5 Å². The molecule has 0 atom stereocenters. The molecule has 0 fully saturated rings. The summed E-state index contributed by atoms with van der Waals surface area (Å²) in [5, 5.41) is 4.72. The molecule has 53 heavy (non-hydrogen) atoms. The number of benzene rings is 8. The predicted octanol–water partition coefficient (Wildman–Crippen LogP) is 13.4. The smallest absolute Gasteiger partial charge is 0.161 e. The highest BCUT2D eigenvalue weighted by Crippen LogP contribution is 2.53. The molecule has 0 saturated heterocycles. The van der Waals surface area contributed by atoms with E-state index in [0.29, 0.717) is 5.82 Å². The minimum absolute atomic E-state index is 0.0651. The van der Waals surface area contributed by atoms with E-state index < -0.39 is 0 Å². The highest BCUT2D eigenvalue weighted by atomic mass is 14.9. The third-order valence-electron chi connectivity index (χ3n) is 11.1. The van der Waals surface area contributed by atoms with Gasteiger partial charge >= 0.3 is 0 Å². The fourth-order valence-electron chi connectivity index (χ4n) is 8.38. The molecule has 0 amide bonds. The summed E-state index contributed by atoms with van der Waals surface area (Å²) in [6.45, 7) is 4.69. The first-order valence-corrected chi connectivity index (χ1v) is 18.3. The fraction of sp³-hybridized carbons (Fsp3) is 0.0588. The molecule has 2 nitrogen and oxygen atoms in total. The van der Waals surface area contributed by atoms with Gasteiger partial charge < -0.3 is 0 Å². The van der Waals surface area contributed by atoms with Gasteiger partial charge in [0.1, 0.15) is 0 Å². The molecule has 1 heterocycles. The quantitative estimate of drug-likeness (QED) is 0.181. The molecule has 0 radical (unpaired) electrons. The molecule has 0 N–H and O–H groups in total. The van der Waals surface area contributed by atoms with Crippen LogP contribution in [0.15, 0.2) is 182 Å². The summed E-state index contributed by atoms with van der Waals surface area (Å²) in [6, 6.07) is 65.4. The van der Waals surface area contributed by atoms with E-state index >= 15 is 0 Å². The number of aromatic nitrogens is 2. The van der Waals surface area contributed by atoms with Crippen molar-refractivity contribution in [2.75, 3.05) is 0 Å². The summed E-state index contributed by atoms with van der Waals surface area (Å²) < 4.78 is 0. The van der Waals surface area contributed by atoms with Gasteiger partial charge in [-0.2, -0.15) is 0 Å². The van der Waals surface area contributed by atoms with Gasteiger partial charge in [0.2, 0.25) is 0 Å². The third-order valence-corrected chi connectivity index (χ3v) is 11.1. The molecule has 0 unspecified atom stereocenters. The molecule has 250 valence electrons. The second-order valence-corrected chi connectivity index (χ2v) is 14.6. The molecule has 1 aromatic heterocycles. The van der Waals surface area contributed by atoms with Crippen molar-refractivity contribution in [1.29, 1.82) is 0 Å². The summed E-state index contributed by atoms with van der Waals surface area (Å²) in [5.41, 5.74) is 15.1. The minimum Gasteiger partial charge on any atom is -0.228 e. The first-order valence-electron chi connectivity index (χ1n) is 18.3. The SMILES string of the molecule is CC1(C)c2ccccc2-c2c(-c3ccc(-c4nc(-c5ccc(-c6ccccc6)cc5)cc(-c5ccc6ccccc6c5)n4)c4ccccc34)cccc21. The van der Waals surface area contributed by atoms with E-state index in [9.17, 15) is 0 Å². The number of rotatable bonds is 5. The van der Waals surface area contributed by atoms with Crippen molar-refractivity contribution in [1.82, 2.24) is 9.97 Å². The summed E-state index contributed by atoms with van der Waals surface area (Å²) in [5.74, 6) is 0.713. The molecule has 2 heteroatoms. The number of fused-ring (bicyclic) bond motifs is 5. The zero-order valence-corrected chi connectivity index (χ0v) is 29.7. The molecule has 0 bridgehead atoms. The third kappa shape index (κ3) is 5.18. The van der Waals surface area contributed by atoms with Crippen LogP contribution in [-0.4, -0.2) is 9.97 Å². The lowest BCUT2D eigenvalue weighted by Crippen LogP contribution is -2.14. The van der Waals surface area contributed by atoms with E-state index in [1.165, 1.54) is 60.7 Å². The van der Waals surface area contributed by atoms with Crippen LogP contribution in [0.5, 0.6) is 0 Å². The Balaban J connectivity index is 1.16. The molecule has 10 rings (SSSR count). The maximum Gasteiger partial charge on any atom is 0.161 e. The molecule has 8 aromatic carbocycles. The number of nitrogens with zero attached hydrogens (tertiary/aromatic N) is 2. The van der Waals surface area contributed by atoms with E-state index in [0.717, 1.165) is 33.5 Å². The number of hydrogen-bond donors (Lipinski definition) is 0. The van der Waals surface area contributed by atoms with Crippen LogP contribution in [0.3, 0.4) is 0 Å². The second kappa shape index (κ2) is 12.3. The van der Waals surface area contributed by atoms with E-state index in [1.807, 2.05) is 0 Å². The molecule has 0 spiro atoms. The van der Waals surface area contributed by atoms with Gasteiger partial charge in [0.05, 0.1) is 11.4 Å². The minimum atomic E-state index is -0.0651. The average Bonchev–Trinajstić information content (AvgIpc) is 3.46. The number of hydrogen-bond acceptors (Lipinski definition) is 2. The van der Waals surface area contributed by atoms with E-state index in [-0.39, 0.29) is 5.41 Å². The van der Waals surface area contributed by atoms with Gasteiger partial charge in [-0.1, -0.05) is 178 Å². The van der Waals surface area contributed by atoms with Gasteiger partial charge in [0, 0.05) is 22.1 Å². The zero-order chi connectivity index (χ0) is 35.5. The Kier molecular flexibility index (Phi) is 7.19. The topological polar surface area (TPSA) is 25.8 Å². The maximum atomic E-state index is 5.32. The Hall–Kier alpha value is -6.64. The monoisotopic (exact) mass is 676 g/mol. The zero-order valence-electron chi connectivity index (χ0n) is 29.7. The van der Waals surface area contributed by atoms with Crippen LogP contribution in [0.1, 0.15) is 25.0 Å². The Morgan fingerprint density at radius 2 is 0.925 bits per heavy atom. The molecule has 1 aliphatic rings. The van der Waals surface area contributed by atoms with Crippen molar-refractivity contribution in [2.45, 2.75) is 19.3 Å². The van der Waals surface area contributed by atoms with Gasteiger partial charge in [-0.15, -0.1) is 0 Å². The van der Waals surface area contributed by atoms with Crippen LogP contribution in [0.25, 0.3) is 88.8 Å². The summed E-state index contributed by atoms with van der Waals surface area (Å²) >= 11 is 0. The largest absolute Gasteiger partial charge is 0.228 e. The van der Waals surface area contributed by atoms with Gasteiger partial charge in [0.15, 0.2) is 5.82 Å². The predicted molar refractivity (Wildman–Crippen MR) is 222 cm³/mol. The van der Waals surface area contributed by atoms with Gasteiger partial charge in [-0.05, 0) is 84.3 Å². The van der Waals surface area contributed by atoms with Crippen molar-refractivity contribution in [3.63, 3.8) is 0 Å². The van der Waals surface area contributed by atoms with Gasteiger partial charge in [-0.3, -0.25) is 0 Å². The standard InChI is InChI=1S/C51H36N2/c1-51(2)45-21-11-10-19-44(45)49-42(20-12-22-46(49)51)41-29-30-43(40-18-9-8-17-39(40)41)50-52-47(36-26-23-35(24-27-36)33-13-4-3-5-14-33)32-48(53-50)38-28-25-34-15-6-7-16-37(34)31-38/h3-32H,1-2H3. The first-order chi connectivity index (χ1) is 26.0. The van der Waals surface area contributed by atoms with Crippen molar-refractivity contribution in [3.8, 4) is 67.3 Å². The Labute approximate surface area is 310 Å². The van der Waals surface area contributed by atoms with Crippen LogP contribution in [0.2, 0.25) is 0 Å². The van der Waals surface area contributed by atoms with E-state index in [2.05, 4.69) is 196 Å². The summed E-state index contributed by atoms with van der Waals surface area (Å²) in [7, 11) is 0. The van der Waals surface area contributed by atoms with Crippen molar-refractivity contribution in [2.24, 2.45) is 0 Å². The van der Waals surface area contributed by atoms with Gasteiger partial charge in [-0.25, -0.2) is 9.97 Å². The highest BCUT2D eigenvalue weighted by Gasteiger charge is 2.36. The van der Waals surface area contributed by atoms with Crippen molar-refractivity contribution < 1.29 is 0 Å². The lowest BCUT2D eigenvalue weighted by atomic mass is 9.81. The van der Waals surface area contributed by atoms with E-state index in [4.69, 9.17) is 9.97 Å². The molecular weight excluding hydrogens is 641 g/mol.